The lowest BCUT2D eigenvalue weighted by atomic mass is 9.81. The molecule has 0 rings (SSSR count). The van der Waals surface area contributed by atoms with Gasteiger partial charge in [-0.1, -0.05) is 227 Å². The lowest BCUT2D eigenvalue weighted by Gasteiger charge is -2.38. The van der Waals surface area contributed by atoms with E-state index in [1.807, 2.05) is 0 Å². The summed E-state index contributed by atoms with van der Waals surface area (Å²) >= 11 is 0. The summed E-state index contributed by atoms with van der Waals surface area (Å²) in [5.41, 5.74) is -0.958. The van der Waals surface area contributed by atoms with Gasteiger partial charge < -0.3 is 19.3 Å². The van der Waals surface area contributed by atoms with Crippen LogP contribution in [-0.4, -0.2) is 49.6 Å². The Hall–Kier alpha value is -1.14. The zero-order chi connectivity index (χ0) is 38.9. The topological polar surface area (TPSA) is 82.1 Å². The maximum absolute atomic E-state index is 12.2. The van der Waals surface area contributed by atoms with E-state index in [4.69, 9.17) is 14.2 Å². The maximum atomic E-state index is 12.2. The third-order valence-corrected chi connectivity index (χ3v) is 11.3. The maximum Gasteiger partial charge on any atom is 0.305 e. The molecule has 316 valence electrons. The summed E-state index contributed by atoms with van der Waals surface area (Å²) in [6, 6.07) is 0. The largest absolute Gasteiger partial charge is 0.465 e. The molecule has 1 N–H and O–H groups in total. The van der Waals surface area contributed by atoms with Gasteiger partial charge in [-0.05, 0) is 12.8 Å². The highest BCUT2D eigenvalue weighted by atomic mass is 16.6. The van der Waals surface area contributed by atoms with Crippen LogP contribution in [-0.2, 0) is 23.8 Å². The number of unbranched alkanes of at least 4 members (excludes halogenated alkanes) is 30. The number of aliphatic hydroxyl groups excluding tert-OH is 1. The number of carbonyl (C=O) groups is 2. The molecule has 0 saturated carbocycles. The van der Waals surface area contributed by atoms with Crippen molar-refractivity contribution in [1.29, 1.82) is 0 Å². The Morgan fingerprint density at radius 2 is 0.717 bits per heavy atom. The minimum Gasteiger partial charge on any atom is -0.465 e. The fraction of sp³-hybridized carbons (Fsp3) is 0.957. The zero-order valence-corrected chi connectivity index (χ0v) is 36.1. The van der Waals surface area contributed by atoms with Crippen LogP contribution < -0.4 is 0 Å². The second-order valence-electron chi connectivity index (χ2n) is 16.3. The fourth-order valence-electron chi connectivity index (χ4n) is 7.39. The van der Waals surface area contributed by atoms with Gasteiger partial charge in [-0.2, -0.15) is 0 Å². The van der Waals surface area contributed by atoms with Crippen LogP contribution in [0.1, 0.15) is 252 Å². The monoisotopic (exact) mass is 753 g/mol. The second-order valence-corrected chi connectivity index (χ2v) is 16.3. The van der Waals surface area contributed by atoms with Crippen LogP contribution in [0.3, 0.4) is 0 Å². The Kier molecular flexibility index (Phi) is 39.6. The van der Waals surface area contributed by atoms with E-state index < -0.39 is 5.41 Å². The number of hydrogen-bond donors (Lipinski definition) is 1. The summed E-state index contributed by atoms with van der Waals surface area (Å²) in [7, 11) is 0. The van der Waals surface area contributed by atoms with Crippen LogP contribution in [0.2, 0.25) is 0 Å². The Morgan fingerprint density at radius 1 is 0.434 bits per heavy atom. The smallest absolute Gasteiger partial charge is 0.305 e. The highest BCUT2D eigenvalue weighted by molar-refractivity contribution is 5.69. The van der Waals surface area contributed by atoms with Crippen molar-refractivity contribution in [2.45, 2.75) is 259 Å². The third kappa shape index (κ3) is 32.8. The van der Waals surface area contributed by atoms with Gasteiger partial charge in [0.2, 0.25) is 0 Å². The molecule has 0 heterocycles. The molecule has 53 heavy (non-hydrogen) atoms. The van der Waals surface area contributed by atoms with E-state index in [1.54, 1.807) is 13.8 Å². The van der Waals surface area contributed by atoms with Gasteiger partial charge in [0.15, 0.2) is 0 Å². The normalized spacial score (nSPS) is 12.3. The SMILES string of the molecule is CCCCCCCCCCCCCCCCCCOC(CCCCCCCCCCCCCCCCCC)C(CO)(COC(=O)CC)COC(=O)CC. The molecule has 0 aliphatic rings. The van der Waals surface area contributed by atoms with Crippen LogP contribution in [0.5, 0.6) is 0 Å². The fourth-order valence-corrected chi connectivity index (χ4v) is 7.39. The van der Waals surface area contributed by atoms with Gasteiger partial charge in [0.05, 0.1) is 18.1 Å². The van der Waals surface area contributed by atoms with Crippen molar-refractivity contribution >= 4 is 11.9 Å². The first kappa shape index (κ1) is 51.9. The summed E-state index contributed by atoms with van der Waals surface area (Å²) in [6.07, 6.45) is 43.3. The first-order valence-corrected chi connectivity index (χ1v) is 23.5. The van der Waals surface area contributed by atoms with Crippen molar-refractivity contribution in [2.75, 3.05) is 26.4 Å². The minimum atomic E-state index is -0.958. The van der Waals surface area contributed by atoms with Crippen LogP contribution in [0.15, 0.2) is 0 Å². The van der Waals surface area contributed by atoms with E-state index >= 15 is 0 Å². The standard InChI is InChI=1S/C47H92O6/c1-5-9-11-13-15-17-19-21-23-25-27-29-31-33-35-37-39-44(47(41-48,42-52-45(49)7-3)43-53-46(50)8-4)51-40-38-36-34-32-30-28-26-24-22-20-18-16-14-12-10-6-2/h44,48H,5-43H2,1-4H3. The van der Waals surface area contributed by atoms with Crippen LogP contribution in [0.25, 0.3) is 0 Å². The van der Waals surface area contributed by atoms with Crippen molar-refractivity contribution in [3.8, 4) is 0 Å². The quantitative estimate of drug-likeness (QED) is 0.0493. The molecule has 0 aliphatic carbocycles. The second kappa shape index (κ2) is 40.5. The molecule has 0 amide bonds. The summed E-state index contributed by atoms with van der Waals surface area (Å²) < 4.78 is 17.7. The predicted molar refractivity (Wildman–Crippen MR) is 225 cm³/mol. The lowest BCUT2D eigenvalue weighted by Crippen LogP contribution is -2.49. The molecule has 0 aliphatic heterocycles. The Labute approximate surface area is 330 Å². The molecule has 0 aromatic heterocycles. The van der Waals surface area contributed by atoms with Gasteiger partial charge in [0, 0.05) is 19.4 Å². The van der Waals surface area contributed by atoms with Gasteiger partial charge in [-0.15, -0.1) is 0 Å². The molecule has 6 nitrogen and oxygen atoms in total. The van der Waals surface area contributed by atoms with Crippen molar-refractivity contribution in [3.63, 3.8) is 0 Å². The van der Waals surface area contributed by atoms with E-state index in [9.17, 15) is 14.7 Å². The highest BCUT2D eigenvalue weighted by Crippen LogP contribution is 2.31. The Morgan fingerprint density at radius 3 is 1.00 bits per heavy atom. The number of esters is 2. The average molecular weight is 753 g/mol. The number of ether oxygens (including phenoxy) is 3. The zero-order valence-electron chi connectivity index (χ0n) is 36.1. The number of aliphatic hydroxyl groups is 1. The van der Waals surface area contributed by atoms with Gasteiger partial charge in [0.1, 0.15) is 13.2 Å². The summed E-state index contributed by atoms with van der Waals surface area (Å²) in [5.74, 6) is -0.632. The van der Waals surface area contributed by atoms with Gasteiger partial charge >= 0.3 is 11.9 Å². The van der Waals surface area contributed by atoms with E-state index in [2.05, 4.69) is 13.8 Å². The van der Waals surface area contributed by atoms with E-state index in [0.29, 0.717) is 6.61 Å². The molecule has 0 fully saturated rings. The first-order valence-electron chi connectivity index (χ1n) is 23.5. The molecule has 0 spiro atoms. The summed E-state index contributed by atoms with van der Waals surface area (Å²) in [5, 5.41) is 10.7. The van der Waals surface area contributed by atoms with Gasteiger partial charge in [0.25, 0.3) is 0 Å². The molecular formula is C47H92O6. The van der Waals surface area contributed by atoms with Crippen LogP contribution >= 0.6 is 0 Å². The third-order valence-electron chi connectivity index (χ3n) is 11.3. The van der Waals surface area contributed by atoms with Crippen LogP contribution in [0, 0.1) is 5.41 Å². The molecule has 0 aromatic carbocycles. The molecule has 1 unspecified atom stereocenters. The highest BCUT2D eigenvalue weighted by Gasteiger charge is 2.42. The number of carbonyl (C=O) groups excluding carboxylic acids is 2. The lowest BCUT2D eigenvalue weighted by molar-refractivity contribution is -0.171. The van der Waals surface area contributed by atoms with E-state index in [-0.39, 0.29) is 50.7 Å². The molecule has 0 saturated heterocycles. The average Bonchev–Trinajstić information content (AvgIpc) is 3.18. The summed E-state index contributed by atoms with van der Waals surface area (Å²) in [6.45, 7) is 8.43. The minimum absolute atomic E-state index is 0.00432. The predicted octanol–water partition coefficient (Wildman–Crippen LogP) is 14.2. The molecule has 0 radical (unpaired) electrons. The van der Waals surface area contributed by atoms with Gasteiger partial charge in [-0.3, -0.25) is 9.59 Å². The Bertz CT molecular complexity index is 750. The first-order chi connectivity index (χ1) is 26.0. The molecule has 1 atom stereocenters. The molecular weight excluding hydrogens is 661 g/mol. The van der Waals surface area contributed by atoms with Crippen LogP contribution in [0.4, 0.5) is 0 Å². The number of hydrogen-bond acceptors (Lipinski definition) is 6. The Balaban J connectivity index is 4.57. The van der Waals surface area contributed by atoms with Gasteiger partial charge in [-0.25, -0.2) is 0 Å². The molecule has 6 heteroatoms. The van der Waals surface area contributed by atoms with Crippen molar-refractivity contribution in [1.82, 2.24) is 0 Å². The van der Waals surface area contributed by atoms with Crippen molar-refractivity contribution < 1.29 is 28.9 Å². The summed E-state index contributed by atoms with van der Waals surface area (Å²) in [4.78, 5) is 24.4. The van der Waals surface area contributed by atoms with E-state index in [0.717, 1.165) is 32.1 Å². The van der Waals surface area contributed by atoms with E-state index in [1.165, 1.54) is 180 Å². The number of rotatable bonds is 43. The van der Waals surface area contributed by atoms with Crippen molar-refractivity contribution in [3.05, 3.63) is 0 Å². The molecule has 0 aromatic rings. The molecule has 0 bridgehead atoms. The van der Waals surface area contributed by atoms with Crippen molar-refractivity contribution in [2.24, 2.45) is 5.41 Å².